The van der Waals surface area contributed by atoms with Crippen LogP contribution in [0.4, 0.5) is 14.5 Å². The summed E-state index contributed by atoms with van der Waals surface area (Å²) in [6, 6.07) is 2.75. The molecule has 1 saturated carbocycles. The number of carbonyl (C=O) groups is 2. The Hall–Kier alpha value is -1.98. The van der Waals surface area contributed by atoms with Crippen molar-refractivity contribution in [2.24, 2.45) is 11.8 Å². The van der Waals surface area contributed by atoms with Gasteiger partial charge in [-0.2, -0.15) is 0 Å². The van der Waals surface area contributed by atoms with Gasteiger partial charge < -0.3 is 10.4 Å². The van der Waals surface area contributed by atoms with Crippen molar-refractivity contribution in [1.29, 1.82) is 0 Å². The van der Waals surface area contributed by atoms with E-state index < -0.39 is 35.3 Å². The Kier molecular flexibility index (Phi) is 3.78. The van der Waals surface area contributed by atoms with E-state index in [1.54, 1.807) is 0 Å². The Morgan fingerprint density at radius 1 is 1.11 bits per heavy atom. The normalized spacial score (nSPS) is 22.2. The Morgan fingerprint density at radius 3 is 2.21 bits per heavy atom. The molecule has 0 bridgehead atoms. The maximum absolute atomic E-state index is 13.0. The van der Waals surface area contributed by atoms with Crippen molar-refractivity contribution in [2.45, 2.75) is 19.3 Å². The molecule has 2 unspecified atom stereocenters. The van der Waals surface area contributed by atoms with Crippen LogP contribution >= 0.6 is 0 Å². The summed E-state index contributed by atoms with van der Waals surface area (Å²) in [5.41, 5.74) is 0.0428. The van der Waals surface area contributed by atoms with Crippen LogP contribution in [-0.2, 0) is 9.59 Å². The minimum atomic E-state index is -0.910. The Balaban J connectivity index is 2.00. The molecule has 1 aromatic carbocycles. The molecule has 0 saturated heterocycles. The summed E-state index contributed by atoms with van der Waals surface area (Å²) >= 11 is 0. The van der Waals surface area contributed by atoms with E-state index in [1.807, 2.05) is 0 Å². The van der Waals surface area contributed by atoms with Gasteiger partial charge >= 0.3 is 5.97 Å². The molecular weight excluding hydrogens is 256 g/mol. The molecule has 102 valence electrons. The highest BCUT2D eigenvalue weighted by Gasteiger charge is 2.33. The lowest BCUT2D eigenvalue weighted by atomic mass is 10.0. The predicted octanol–water partition coefficient (Wildman–Crippen LogP) is 2.40. The molecule has 0 radical (unpaired) electrons. The number of amides is 1. The first-order valence-corrected chi connectivity index (χ1v) is 5.95. The third-order valence-electron chi connectivity index (χ3n) is 3.28. The van der Waals surface area contributed by atoms with Crippen LogP contribution in [0.5, 0.6) is 0 Å². The number of rotatable bonds is 3. The Labute approximate surface area is 108 Å². The summed E-state index contributed by atoms with van der Waals surface area (Å²) < 4.78 is 25.9. The first-order valence-electron chi connectivity index (χ1n) is 5.95. The first kappa shape index (κ1) is 13.5. The van der Waals surface area contributed by atoms with E-state index in [4.69, 9.17) is 5.11 Å². The molecule has 0 spiro atoms. The molecule has 0 aromatic heterocycles. The molecule has 2 N–H and O–H groups in total. The molecular formula is C13H13F2NO3. The summed E-state index contributed by atoms with van der Waals surface area (Å²) in [4.78, 5) is 22.6. The van der Waals surface area contributed by atoms with Gasteiger partial charge in [-0.1, -0.05) is 0 Å². The minimum absolute atomic E-state index is 0.0428. The van der Waals surface area contributed by atoms with Gasteiger partial charge in [-0.15, -0.1) is 0 Å². The summed E-state index contributed by atoms with van der Waals surface area (Å²) in [5, 5.41) is 11.3. The van der Waals surface area contributed by atoms with Gasteiger partial charge in [0.05, 0.1) is 5.92 Å². The van der Waals surface area contributed by atoms with Crippen molar-refractivity contribution < 1.29 is 23.5 Å². The molecule has 1 aliphatic carbocycles. The number of hydrogen-bond acceptors (Lipinski definition) is 2. The van der Waals surface area contributed by atoms with Gasteiger partial charge in [-0.05, 0) is 31.4 Å². The van der Waals surface area contributed by atoms with Crippen LogP contribution in [-0.4, -0.2) is 17.0 Å². The number of hydrogen-bond donors (Lipinski definition) is 2. The highest BCUT2D eigenvalue weighted by molar-refractivity contribution is 5.93. The number of carboxylic acid groups (broad SMARTS) is 1. The number of carbonyl (C=O) groups excluding carboxylic acids is 1. The monoisotopic (exact) mass is 269 g/mol. The average molecular weight is 269 g/mol. The zero-order chi connectivity index (χ0) is 14.0. The van der Waals surface area contributed by atoms with Gasteiger partial charge in [0, 0.05) is 17.7 Å². The standard InChI is InChI=1S/C13H13F2NO3/c14-9-4-10(15)6-11(5-9)16-12(17)7-1-2-8(3-7)13(18)19/h4-8H,1-3H2,(H,16,17)(H,18,19). The van der Waals surface area contributed by atoms with Crippen LogP contribution < -0.4 is 5.32 Å². The number of carboxylic acids is 1. The molecule has 2 atom stereocenters. The topological polar surface area (TPSA) is 66.4 Å². The molecule has 1 fully saturated rings. The number of aliphatic carboxylic acids is 1. The predicted molar refractivity (Wildman–Crippen MR) is 63.5 cm³/mol. The summed E-state index contributed by atoms with van der Waals surface area (Å²) in [7, 11) is 0. The average Bonchev–Trinajstić information content (AvgIpc) is 2.76. The van der Waals surface area contributed by atoms with Gasteiger partial charge in [0.1, 0.15) is 11.6 Å². The smallest absolute Gasteiger partial charge is 0.306 e. The van der Waals surface area contributed by atoms with E-state index in [1.165, 1.54) is 0 Å². The van der Waals surface area contributed by atoms with Crippen molar-refractivity contribution in [3.05, 3.63) is 29.8 Å². The fourth-order valence-corrected chi connectivity index (χ4v) is 2.31. The Bertz CT molecular complexity index is 498. The number of nitrogens with one attached hydrogen (secondary N) is 1. The van der Waals surface area contributed by atoms with E-state index in [2.05, 4.69) is 5.32 Å². The second-order valence-electron chi connectivity index (χ2n) is 4.69. The summed E-state index contributed by atoms with van der Waals surface area (Å²) in [6.45, 7) is 0. The highest BCUT2D eigenvalue weighted by atomic mass is 19.1. The van der Waals surface area contributed by atoms with Crippen molar-refractivity contribution in [3.8, 4) is 0 Å². The molecule has 1 aliphatic rings. The first-order chi connectivity index (χ1) is 8.95. The third kappa shape index (κ3) is 3.27. The quantitative estimate of drug-likeness (QED) is 0.885. The maximum atomic E-state index is 13.0. The van der Waals surface area contributed by atoms with Crippen LogP contribution in [0.25, 0.3) is 0 Å². The SMILES string of the molecule is O=C(O)C1CCC(C(=O)Nc2cc(F)cc(F)c2)C1. The van der Waals surface area contributed by atoms with Crippen LogP contribution in [0.15, 0.2) is 18.2 Å². The van der Waals surface area contributed by atoms with Gasteiger partial charge in [-0.25, -0.2) is 8.78 Å². The largest absolute Gasteiger partial charge is 0.481 e. The molecule has 4 nitrogen and oxygen atoms in total. The van der Waals surface area contributed by atoms with E-state index in [-0.39, 0.29) is 12.1 Å². The van der Waals surface area contributed by atoms with Crippen LogP contribution in [0, 0.1) is 23.5 Å². The minimum Gasteiger partial charge on any atom is -0.481 e. The lowest BCUT2D eigenvalue weighted by molar-refractivity contribution is -0.141. The number of anilines is 1. The molecule has 19 heavy (non-hydrogen) atoms. The van der Waals surface area contributed by atoms with Crippen molar-refractivity contribution >= 4 is 17.6 Å². The number of benzene rings is 1. The molecule has 1 aromatic rings. The maximum Gasteiger partial charge on any atom is 0.306 e. The van der Waals surface area contributed by atoms with Crippen LogP contribution in [0.2, 0.25) is 0 Å². The number of halogens is 2. The fraction of sp³-hybridized carbons (Fsp3) is 0.385. The summed E-state index contributed by atoms with van der Waals surface area (Å²) in [5.74, 6) is -3.79. The molecule has 0 aliphatic heterocycles. The van der Waals surface area contributed by atoms with Crippen LogP contribution in [0.3, 0.4) is 0 Å². The van der Waals surface area contributed by atoms with Crippen molar-refractivity contribution in [3.63, 3.8) is 0 Å². The summed E-state index contributed by atoms with van der Waals surface area (Å²) in [6.07, 6.45) is 1.19. The van der Waals surface area contributed by atoms with E-state index in [0.717, 1.165) is 12.1 Å². The zero-order valence-electron chi connectivity index (χ0n) is 10.0. The fourth-order valence-electron chi connectivity index (χ4n) is 2.31. The van der Waals surface area contributed by atoms with Crippen molar-refractivity contribution in [2.75, 3.05) is 5.32 Å². The van der Waals surface area contributed by atoms with Gasteiger partial charge in [-0.3, -0.25) is 9.59 Å². The lowest BCUT2D eigenvalue weighted by Crippen LogP contribution is -2.21. The molecule has 1 amide bonds. The highest BCUT2D eigenvalue weighted by Crippen LogP contribution is 2.32. The second kappa shape index (κ2) is 5.34. The lowest BCUT2D eigenvalue weighted by Gasteiger charge is -2.11. The van der Waals surface area contributed by atoms with E-state index in [9.17, 15) is 18.4 Å². The molecule has 0 heterocycles. The molecule has 2 rings (SSSR count). The zero-order valence-corrected chi connectivity index (χ0v) is 10.0. The van der Waals surface area contributed by atoms with E-state index >= 15 is 0 Å². The van der Waals surface area contributed by atoms with Crippen molar-refractivity contribution in [1.82, 2.24) is 0 Å². The van der Waals surface area contributed by atoms with E-state index in [0.29, 0.717) is 18.9 Å². The second-order valence-corrected chi connectivity index (χ2v) is 4.69. The van der Waals surface area contributed by atoms with Gasteiger partial charge in [0.25, 0.3) is 0 Å². The Morgan fingerprint density at radius 2 is 1.68 bits per heavy atom. The van der Waals surface area contributed by atoms with Gasteiger partial charge in [0.15, 0.2) is 0 Å². The molecule has 6 heteroatoms. The van der Waals surface area contributed by atoms with Gasteiger partial charge in [0.2, 0.25) is 5.91 Å². The third-order valence-corrected chi connectivity index (χ3v) is 3.28. The van der Waals surface area contributed by atoms with Crippen LogP contribution in [0.1, 0.15) is 19.3 Å².